The van der Waals surface area contributed by atoms with Crippen molar-refractivity contribution in [1.82, 2.24) is 10.6 Å². The SMILES string of the molecule is CCNC(=O)NC(=O)C(OC(=O)Cc1ccccc1F)c1ccccc1. The Bertz CT molecular complexity index is 780. The van der Waals surface area contributed by atoms with E-state index in [1.165, 1.54) is 18.2 Å². The second-order valence-corrected chi connectivity index (χ2v) is 5.40. The number of hydrogen-bond donors (Lipinski definition) is 2. The molecule has 136 valence electrons. The monoisotopic (exact) mass is 358 g/mol. The molecule has 2 N–H and O–H groups in total. The van der Waals surface area contributed by atoms with E-state index in [2.05, 4.69) is 10.6 Å². The molecule has 0 radical (unpaired) electrons. The summed E-state index contributed by atoms with van der Waals surface area (Å²) in [6.07, 6.45) is -1.65. The number of carbonyl (C=O) groups is 3. The molecule has 0 spiro atoms. The molecule has 1 unspecified atom stereocenters. The largest absolute Gasteiger partial charge is 0.447 e. The number of ether oxygens (including phenoxy) is 1. The first-order valence-corrected chi connectivity index (χ1v) is 8.07. The van der Waals surface area contributed by atoms with Crippen molar-refractivity contribution in [2.45, 2.75) is 19.4 Å². The van der Waals surface area contributed by atoms with Crippen molar-refractivity contribution in [3.63, 3.8) is 0 Å². The van der Waals surface area contributed by atoms with E-state index in [4.69, 9.17) is 4.74 Å². The van der Waals surface area contributed by atoms with Crippen LogP contribution >= 0.6 is 0 Å². The number of hydrogen-bond acceptors (Lipinski definition) is 4. The van der Waals surface area contributed by atoms with Gasteiger partial charge in [-0.15, -0.1) is 0 Å². The van der Waals surface area contributed by atoms with Gasteiger partial charge in [-0.3, -0.25) is 14.9 Å². The van der Waals surface area contributed by atoms with E-state index in [0.29, 0.717) is 12.1 Å². The normalized spacial score (nSPS) is 11.3. The molecule has 6 nitrogen and oxygen atoms in total. The van der Waals surface area contributed by atoms with Crippen molar-refractivity contribution in [2.75, 3.05) is 6.54 Å². The van der Waals surface area contributed by atoms with E-state index in [1.54, 1.807) is 43.3 Å². The number of amides is 3. The first kappa shape index (κ1) is 19.1. The van der Waals surface area contributed by atoms with Crippen molar-refractivity contribution in [3.8, 4) is 0 Å². The molecule has 1 atom stereocenters. The fourth-order valence-corrected chi connectivity index (χ4v) is 2.25. The lowest BCUT2D eigenvalue weighted by Crippen LogP contribution is -2.42. The maximum absolute atomic E-state index is 13.7. The minimum absolute atomic E-state index is 0.161. The maximum Gasteiger partial charge on any atom is 0.321 e. The standard InChI is InChI=1S/C19H19FN2O4/c1-2-21-19(25)22-18(24)17(13-8-4-3-5-9-13)26-16(23)12-14-10-6-7-11-15(14)20/h3-11,17H,2,12H2,1H3,(H2,21,22,24,25). The van der Waals surface area contributed by atoms with Crippen molar-refractivity contribution >= 4 is 17.9 Å². The van der Waals surface area contributed by atoms with Crippen LogP contribution in [0.4, 0.5) is 9.18 Å². The van der Waals surface area contributed by atoms with Crippen LogP contribution in [0.2, 0.25) is 0 Å². The predicted octanol–water partition coefficient (Wildman–Crippen LogP) is 2.50. The van der Waals surface area contributed by atoms with Crippen LogP contribution < -0.4 is 10.6 Å². The average Bonchev–Trinajstić information content (AvgIpc) is 2.62. The van der Waals surface area contributed by atoms with Gasteiger partial charge < -0.3 is 10.1 Å². The highest BCUT2D eigenvalue weighted by Crippen LogP contribution is 2.19. The smallest absolute Gasteiger partial charge is 0.321 e. The van der Waals surface area contributed by atoms with Crippen molar-refractivity contribution in [2.24, 2.45) is 0 Å². The molecule has 7 heteroatoms. The molecule has 0 bridgehead atoms. The van der Waals surface area contributed by atoms with Crippen LogP contribution in [0.3, 0.4) is 0 Å². The highest BCUT2D eigenvalue weighted by atomic mass is 19.1. The van der Waals surface area contributed by atoms with Crippen LogP contribution in [-0.2, 0) is 20.7 Å². The molecule has 0 aliphatic rings. The predicted molar refractivity (Wildman–Crippen MR) is 92.6 cm³/mol. The molecule has 2 aromatic carbocycles. The number of halogens is 1. The highest BCUT2D eigenvalue weighted by Gasteiger charge is 2.26. The lowest BCUT2D eigenvalue weighted by molar-refractivity contribution is -0.155. The van der Waals surface area contributed by atoms with Gasteiger partial charge in [0, 0.05) is 12.1 Å². The van der Waals surface area contributed by atoms with Crippen LogP contribution in [0.25, 0.3) is 0 Å². The summed E-state index contributed by atoms with van der Waals surface area (Å²) in [5.74, 6) is -2.11. The van der Waals surface area contributed by atoms with Crippen LogP contribution in [0.5, 0.6) is 0 Å². The Hall–Kier alpha value is -3.22. The van der Waals surface area contributed by atoms with Gasteiger partial charge in [-0.2, -0.15) is 0 Å². The zero-order chi connectivity index (χ0) is 18.9. The van der Waals surface area contributed by atoms with Gasteiger partial charge in [-0.05, 0) is 18.6 Å². The van der Waals surface area contributed by atoms with Gasteiger partial charge in [0.1, 0.15) is 5.82 Å². The number of urea groups is 1. The quantitative estimate of drug-likeness (QED) is 0.777. The third-order valence-electron chi connectivity index (χ3n) is 3.46. The van der Waals surface area contributed by atoms with E-state index in [-0.39, 0.29) is 12.0 Å². The molecule has 0 aromatic heterocycles. The van der Waals surface area contributed by atoms with Crippen LogP contribution in [0.1, 0.15) is 24.2 Å². The Balaban J connectivity index is 2.13. The summed E-state index contributed by atoms with van der Waals surface area (Å²) in [4.78, 5) is 36.1. The molecule has 0 aliphatic carbocycles. The molecule has 0 aliphatic heterocycles. The molecule has 0 saturated heterocycles. The fourth-order valence-electron chi connectivity index (χ4n) is 2.25. The number of nitrogens with one attached hydrogen (secondary N) is 2. The van der Waals surface area contributed by atoms with E-state index in [1.807, 2.05) is 0 Å². The zero-order valence-electron chi connectivity index (χ0n) is 14.2. The highest BCUT2D eigenvalue weighted by molar-refractivity contribution is 5.97. The molecule has 26 heavy (non-hydrogen) atoms. The third-order valence-corrected chi connectivity index (χ3v) is 3.46. The lowest BCUT2D eigenvalue weighted by atomic mass is 10.1. The van der Waals surface area contributed by atoms with Gasteiger partial charge in [-0.1, -0.05) is 48.5 Å². The van der Waals surface area contributed by atoms with Gasteiger partial charge in [0.25, 0.3) is 5.91 Å². The number of carbonyl (C=O) groups excluding carboxylic acids is 3. The van der Waals surface area contributed by atoms with Gasteiger partial charge in [0.15, 0.2) is 0 Å². The molecule has 0 fully saturated rings. The first-order chi connectivity index (χ1) is 12.5. The van der Waals surface area contributed by atoms with Crippen molar-refractivity contribution in [1.29, 1.82) is 0 Å². The van der Waals surface area contributed by atoms with Gasteiger partial charge in [0.05, 0.1) is 6.42 Å². The van der Waals surface area contributed by atoms with Gasteiger partial charge in [0.2, 0.25) is 6.10 Å². The summed E-state index contributed by atoms with van der Waals surface area (Å²) in [5, 5.41) is 4.54. The second kappa shape index (κ2) is 9.31. The summed E-state index contributed by atoms with van der Waals surface area (Å²) in [6.45, 7) is 2.04. The summed E-state index contributed by atoms with van der Waals surface area (Å²) in [5.41, 5.74) is 0.560. The lowest BCUT2D eigenvalue weighted by Gasteiger charge is -2.18. The molecular formula is C19H19FN2O4. The Kier molecular flexibility index (Phi) is 6.84. The molecule has 3 amide bonds. The topological polar surface area (TPSA) is 84.5 Å². The van der Waals surface area contributed by atoms with Crippen molar-refractivity contribution < 1.29 is 23.5 Å². The summed E-state index contributed by atoms with van der Waals surface area (Å²) >= 11 is 0. The van der Waals surface area contributed by atoms with E-state index in [0.717, 1.165) is 0 Å². The van der Waals surface area contributed by atoms with Crippen molar-refractivity contribution in [3.05, 3.63) is 71.5 Å². The summed E-state index contributed by atoms with van der Waals surface area (Å²) < 4.78 is 18.9. The average molecular weight is 358 g/mol. The number of benzene rings is 2. The molecule has 2 rings (SSSR count). The third kappa shape index (κ3) is 5.41. The number of rotatable bonds is 6. The van der Waals surface area contributed by atoms with Gasteiger partial charge >= 0.3 is 12.0 Å². The maximum atomic E-state index is 13.7. The summed E-state index contributed by atoms with van der Waals surface area (Å²) in [7, 11) is 0. The van der Waals surface area contributed by atoms with Crippen LogP contribution in [-0.4, -0.2) is 24.5 Å². The molecule has 2 aromatic rings. The minimum Gasteiger partial charge on any atom is -0.447 e. The van der Waals surface area contributed by atoms with Crippen LogP contribution in [0.15, 0.2) is 54.6 Å². The zero-order valence-corrected chi connectivity index (χ0v) is 14.2. The summed E-state index contributed by atoms with van der Waals surface area (Å²) in [6, 6.07) is 13.4. The van der Waals surface area contributed by atoms with E-state index >= 15 is 0 Å². The number of imide groups is 1. The Labute approximate surface area is 150 Å². The Morgan fingerprint density at radius 3 is 2.35 bits per heavy atom. The van der Waals surface area contributed by atoms with E-state index in [9.17, 15) is 18.8 Å². The van der Waals surface area contributed by atoms with Crippen LogP contribution in [0, 0.1) is 5.82 Å². The van der Waals surface area contributed by atoms with E-state index < -0.39 is 29.8 Å². The first-order valence-electron chi connectivity index (χ1n) is 8.07. The Morgan fingerprint density at radius 2 is 1.69 bits per heavy atom. The fraction of sp³-hybridized carbons (Fsp3) is 0.211. The molecule has 0 saturated carbocycles. The Morgan fingerprint density at radius 1 is 1.04 bits per heavy atom. The number of esters is 1. The molecule has 0 heterocycles. The molecular weight excluding hydrogens is 339 g/mol. The minimum atomic E-state index is -1.32. The second-order valence-electron chi connectivity index (χ2n) is 5.40. The van der Waals surface area contributed by atoms with Gasteiger partial charge in [-0.25, -0.2) is 9.18 Å².